The van der Waals surface area contributed by atoms with E-state index in [1.54, 1.807) is 0 Å². The summed E-state index contributed by atoms with van der Waals surface area (Å²) in [5.74, 6) is -1.05. The van der Waals surface area contributed by atoms with E-state index in [-0.39, 0.29) is 12.5 Å². The van der Waals surface area contributed by atoms with Crippen molar-refractivity contribution in [2.45, 2.75) is 51.5 Å². The molecule has 0 spiro atoms. The number of carboxylic acid groups (broad SMARTS) is 1. The van der Waals surface area contributed by atoms with Gasteiger partial charge in [-0.05, 0) is 19.3 Å². The number of nitrogens with one attached hydrogen (secondary N) is 1. The van der Waals surface area contributed by atoms with Crippen LogP contribution in [0.2, 0.25) is 0 Å². The SMILES string of the molecule is CCC(N)C(=O)NCC1(C(=O)O)CCCCC1. The molecule has 0 saturated heterocycles. The predicted molar refractivity (Wildman–Crippen MR) is 64.4 cm³/mol. The summed E-state index contributed by atoms with van der Waals surface area (Å²) in [6.07, 6.45) is 4.77. The van der Waals surface area contributed by atoms with E-state index in [0.29, 0.717) is 19.3 Å². The third-order valence-corrected chi connectivity index (χ3v) is 3.64. The van der Waals surface area contributed by atoms with E-state index in [2.05, 4.69) is 5.32 Å². The summed E-state index contributed by atoms with van der Waals surface area (Å²) in [4.78, 5) is 22.9. The molecule has 0 aromatic heterocycles. The molecule has 0 bridgehead atoms. The Kier molecular flexibility index (Phi) is 4.93. The Hall–Kier alpha value is -1.10. The van der Waals surface area contributed by atoms with Crippen molar-refractivity contribution >= 4 is 11.9 Å². The minimum absolute atomic E-state index is 0.203. The molecule has 5 nitrogen and oxygen atoms in total. The van der Waals surface area contributed by atoms with E-state index in [1.165, 1.54) is 0 Å². The second-order valence-corrected chi connectivity index (χ2v) is 4.88. The van der Waals surface area contributed by atoms with E-state index in [9.17, 15) is 14.7 Å². The van der Waals surface area contributed by atoms with Crippen LogP contribution >= 0.6 is 0 Å². The van der Waals surface area contributed by atoms with Crippen LogP contribution in [-0.2, 0) is 9.59 Å². The van der Waals surface area contributed by atoms with Gasteiger partial charge in [-0.3, -0.25) is 9.59 Å². The third-order valence-electron chi connectivity index (χ3n) is 3.64. The molecule has 1 saturated carbocycles. The van der Waals surface area contributed by atoms with Crippen LogP contribution in [0, 0.1) is 5.41 Å². The van der Waals surface area contributed by atoms with E-state index in [0.717, 1.165) is 19.3 Å². The number of rotatable bonds is 5. The minimum Gasteiger partial charge on any atom is -0.481 e. The topological polar surface area (TPSA) is 92.4 Å². The van der Waals surface area contributed by atoms with Gasteiger partial charge in [0.2, 0.25) is 5.91 Å². The Labute approximate surface area is 102 Å². The summed E-state index contributed by atoms with van der Waals surface area (Å²) in [5.41, 5.74) is 4.82. The summed E-state index contributed by atoms with van der Waals surface area (Å²) in [6.45, 7) is 2.03. The number of hydrogen-bond acceptors (Lipinski definition) is 3. The Bertz CT molecular complexity index is 285. The van der Waals surface area contributed by atoms with Crippen LogP contribution in [-0.4, -0.2) is 29.6 Å². The van der Waals surface area contributed by atoms with Crippen LogP contribution in [0.3, 0.4) is 0 Å². The van der Waals surface area contributed by atoms with E-state index in [4.69, 9.17) is 5.73 Å². The van der Waals surface area contributed by atoms with Crippen molar-refractivity contribution in [3.8, 4) is 0 Å². The zero-order valence-corrected chi connectivity index (χ0v) is 10.4. The first kappa shape index (κ1) is 14.0. The minimum atomic E-state index is -0.803. The standard InChI is InChI=1S/C12H22N2O3/c1-2-9(13)10(15)14-8-12(11(16)17)6-4-3-5-7-12/h9H,2-8,13H2,1H3,(H,14,15)(H,16,17). The highest BCUT2D eigenvalue weighted by Gasteiger charge is 2.39. The molecule has 1 aliphatic rings. The van der Waals surface area contributed by atoms with Gasteiger partial charge in [0.05, 0.1) is 11.5 Å². The first-order valence-corrected chi connectivity index (χ1v) is 6.28. The summed E-state index contributed by atoms with van der Waals surface area (Å²) < 4.78 is 0. The third kappa shape index (κ3) is 3.43. The van der Waals surface area contributed by atoms with Gasteiger partial charge in [0.15, 0.2) is 0 Å². The van der Waals surface area contributed by atoms with Crippen LogP contribution < -0.4 is 11.1 Å². The molecule has 0 heterocycles. The fraction of sp³-hybridized carbons (Fsp3) is 0.833. The van der Waals surface area contributed by atoms with E-state index in [1.807, 2.05) is 6.92 Å². The van der Waals surface area contributed by atoms with E-state index >= 15 is 0 Å². The van der Waals surface area contributed by atoms with Gasteiger partial charge in [0.1, 0.15) is 0 Å². The van der Waals surface area contributed by atoms with Crippen molar-refractivity contribution < 1.29 is 14.7 Å². The van der Waals surface area contributed by atoms with Gasteiger partial charge < -0.3 is 16.2 Å². The summed E-state index contributed by atoms with van der Waals surface area (Å²) in [5, 5.41) is 12.0. The quantitative estimate of drug-likeness (QED) is 0.667. The highest BCUT2D eigenvalue weighted by Crippen LogP contribution is 2.35. The fourth-order valence-electron chi connectivity index (χ4n) is 2.27. The highest BCUT2D eigenvalue weighted by molar-refractivity contribution is 5.82. The first-order valence-electron chi connectivity index (χ1n) is 6.28. The Morgan fingerprint density at radius 2 is 1.94 bits per heavy atom. The maximum Gasteiger partial charge on any atom is 0.311 e. The summed E-state index contributed by atoms with van der Waals surface area (Å²) in [6, 6.07) is -0.538. The molecule has 1 atom stereocenters. The van der Waals surface area contributed by atoms with Gasteiger partial charge in [-0.2, -0.15) is 0 Å². The molecule has 1 aliphatic carbocycles. The lowest BCUT2D eigenvalue weighted by Gasteiger charge is -2.33. The molecule has 1 fully saturated rings. The normalized spacial score (nSPS) is 20.6. The molecular formula is C12H22N2O3. The number of carboxylic acids is 1. The van der Waals surface area contributed by atoms with Crippen LogP contribution in [0.1, 0.15) is 45.4 Å². The van der Waals surface area contributed by atoms with Gasteiger partial charge in [-0.15, -0.1) is 0 Å². The number of carbonyl (C=O) groups is 2. The zero-order valence-electron chi connectivity index (χ0n) is 10.4. The van der Waals surface area contributed by atoms with Crippen molar-refractivity contribution in [2.75, 3.05) is 6.54 Å². The molecule has 0 aliphatic heterocycles. The molecule has 4 N–H and O–H groups in total. The largest absolute Gasteiger partial charge is 0.481 e. The average molecular weight is 242 g/mol. The Balaban J connectivity index is 2.56. The molecule has 1 rings (SSSR count). The van der Waals surface area contributed by atoms with Crippen molar-refractivity contribution in [1.29, 1.82) is 0 Å². The molecule has 0 aromatic rings. The smallest absolute Gasteiger partial charge is 0.311 e. The van der Waals surface area contributed by atoms with Crippen molar-refractivity contribution in [2.24, 2.45) is 11.1 Å². The van der Waals surface area contributed by atoms with Gasteiger partial charge in [-0.25, -0.2) is 0 Å². The molecule has 98 valence electrons. The predicted octanol–water partition coefficient (Wildman–Crippen LogP) is 0.875. The molecule has 1 unspecified atom stereocenters. The van der Waals surface area contributed by atoms with Crippen LogP contribution in [0.4, 0.5) is 0 Å². The van der Waals surface area contributed by atoms with Gasteiger partial charge >= 0.3 is 5.97 Å². The Morgan fingerprint density at radius 1 is 1.35 bits per heavy atom. The summed E-state index contributed by atoms with van der Waals surface area (Å²) in [7, 11) is 0. The second kappa shape index (κ2) is 6.00. The van der Waals surface area contributed by atoms with Crippen molar-refractivity contribution in [3.05, 3.63) is 0 Å². The average Bonchev–Trinajstić information content (AvgIpc) is 2.35. The molecule has 5 heteroatoms. The molecule has 0 aromatic carbocycles. The van der Waals surface area contributed by atoms with Gasteiger partial charge in [0.25, 0.3) is 0 Å². The maximum atomic E-state index is 11.6. The molecule has 17 heavy (non-hydrogen) atoms. The number of amides is 1. The first-order chi connectivity index (χ1) is 8.02. The highest BCUT2D eigenvalue weighted by atomic mass is 16.4. The fourth-order valence-corrected chi connectivity index (χ4v) is 2.27. The van der Waals surface area contributed by atoms with Gasteiger partial charge in [-0.1, -0.05) is 26.2 Å². The molecular weight excluding hydrogens is 220 g/mol. The van der Waals surface area contributed by atoms with Crippen molar-refractivity contribution in [3.63, 3.8) is 0 Å². The number of aliphatic carboxylic acids is 1. The molecule has 0 radical (unpaired) electrons. The number of nitrogens with two attached hydrogens (primary N) is 1. The monoisotopic (exact) mass is 242 g/mol. The lowest BCUT2D eigenvalue weighted by Crippen LogP contribution is -2.48. The number of carbonyl (C=O) groups excluding carboxylic acids is 1. The summed E-state index contributed by atoms with van der Waals surface area (Å²) >= 11 is 0. The van der Waals surface area contributed by atoms with Crippen LogP contribution in [0.15, 0.2) is 0 Å². The van der Waals surface area contributed by atoms with Crippen LogP contribution in [0.25, 0.3) is 0 Å². The number of hydrogen-bond donors (Lipinski definition) is 3. The van der Waals surface area contributed by atoms with Crippen LogP contribution in [0.5, 0.6) is 0 Å². The zero-order chi connectivity index (χ0) is 12.9. The lowest BCUT2D eigenvalue weighted by molar-refractivity contribution is -0.151. The van der Waals surface area contributed by atoms with E-state index < -0.39 is 17.4 Å². The molecule has 1 amide bonds. The van der Waals surface area contributed by atoms with Gasteiger partial charge in [0, 0.05) is 6.54 Å². The lowest BCUT2D eigenvalue weighted by atomic mass is 9.74. The second-order valence-electron chi connectivity index (χ2n) is 4.88. The maximum absolute atomic E-state index is 11.6. The van der Waals surface area contributed by atoms with Crippen molar-refractivity contribution in [1.82, 2.24) is 5.32 Å². The Morgan fingerprint density at radius 3 is 2.41 bits per heavy atom.